The first-order valence-corrected chi connectivity index (χ1v) is 9.14. The van der Waals surface area contributed by atoms with E-state index in [-0.39, 0.29) is 5.91 Å². The number of hydrogen-bond donors (Lipinski definition) is 1. The fraction of sp³-hybridized carbons (Fsp3) is 0.500. The van der Waals surface area contributed by atoms with Gasteiger partial charge in [0.15, 0.2) is 5.41 Å². The van der Waals surface area contributed by atoms with E-state index in [2.05, 4.69) is 5.32 Å². The SMILES string of the molecule is CCCCOC(=O)C1(CC)C(=O)NC(C)(C)C2=C1\C=C(Cl)/C=C/C=C/2. The van der Waals surface area contributed by atoms with E-state index < -0.39 is 16.9 Å². The van der Waals surface area contributed by atoms with Gasteiger partial charge in [-0.2, -0.15) is 0 Å². The average Bonchev–Trinajstić information content (AvgIpc) is 2.51. The van der Waals surface area contributed by atoms with Crippen LogP contribution >= 0.6 is 11.6 Å². The largest absolute Gasteiger partial charge is 0.465 e. The second-order valence-electron chi connectivity index (χ2n) is 6.90. The molecule has 1 heterocycles. The summed E-state index contributed by atoms with van der Waals surface area (Å²) in [6.07, 6.45) is 11.1. The number of rotatable bonds is 5. The van der Waals surface area contributed by atoms with E-state index in [1.807, 2.05) is 45.9 Å². The standard InChI is InChI=1S/C20H26ClNO3/c1-5-7-12-25-18(24)20(6-2)16-13-14(21)10-8-9-11-15(16)19(3,4)22-17(20)23/h8-11,13H,5-7,12H2,1-4H3,(H,22,23)/b9-8?,10-8+,11-9+,14-10?,14-13+,15-11?,16-13?. The first-order valence-electron chi connectivity index (χ1n) is 8.76. The van der Waals surface area contributed by atoms with Gasteiger partial charge in [-0.3, -0.25) is 9.59 Å². The van der Waals surface area contributed by atoms with Gasteiger partial charge in [0.25, 0.3) is 0 Å². The Morgan fingerprint density at radius 2 is 1.88 bits per heavy atom. The number of unbranched alkanes of at least 4 members (excludes halogenated alkanes) is 1. The first-order chi connectivity index (χ1) is 11.8. The molecule has 0 spiro atoms. The number of ether oxygens (including phenoxy) is 1. The van der Waals surface area contributed by atoms with E-state index in [4.69, 9.17) is 16.3 Å². The second-order valence-corrected chi connectivity index (χ2v) is 7.34. The van der Waals surface area contributed by atoms with Gasteiger partial charge in [0.1, 0.15) is 0 Å². The molecule has 25 heavy (non-hydrogen) atoms. The molecule has 2 aliphatic rings. The fourth-order valence-electron chi connectivity index (χ4n) is 3.26. The predicted octanol–water partition coefficient (Wildman–Crippen LogP) is 4.18. The van der Waals surface area contributed by atoms with E-state index in [0.29, 0.717) is 23.6 Å². The molecule has 0 aromatic heterocycles. The fourth-order valence-corrected chi connectivity index (χ4v) is 3.44. The Bertz CT molecular complexity index is 685. The third kappa shape index (κ3) is 3.59. The monoisotopic (exact) mass is 363 g/mol. The van der Waals surface area contributed by atoms with Crippen LogP contribution < -0.4 is 5.32 Å². The average molecular weight is 364 g/mol. The van der Waals surface area contributed by atoms with E-state index in [9.17, 15) is 9.59 Å². The molecular weight excluding hydrogens is 338 g/mol. The number of halogens is 1. The van der Waals surface area contributed by atoms with E-state index in [1.54, 1.807) is 12.2 Å². The van der Waals surface area contributed by atoms with Crippen molar-refractivity contribution in [2.45, 2.75) is 52.5 Å². The molecular formula is C20H26ClNO3. The highest BCUT2D eigenvalue weighted by Gasteiger charge is 2.54. The Balaban J connectivity index is 2.64. The number of allylic oxidation sites excluding steroid dienone is 5. The highest BCUT2D eigenvalue weighted by Crippen LogP contribution is 2.44. The Kier molecular flexibility index (Phi) is 5.94. The molecule has 2 rings (SSSR count). The molecule has 1 N–H and O–H groups in total. The summed E-state index contributed by atoms with van der Waals surface area (Å²) in [5.41, 5.74) is -0.502. The predicted molar refractivity (Wildman–Crippen MR) is 100 cm³/mol. The van der Waals surface area contributed by atoms with Gasteiger partial charge in [-0.1, -0.05) is 50.1 Å². The number of hydrogen-bond acceptors (Lipinski definition) is 3. The maximum atomic E-state index is 13.0. The van der Waals surface area contributed by atoms with Crippen LogP contribution in [0.3, 0.4) is 0 Å². The topological polar surface area (TPSA) is 55.4 Å². The van der Waals surface area contributed by atoms with Crippen LogP contribution in [0.2, 0.25) is 0 Å². The summed E-state index contributed by atoms with van der Waals surface area (Å²) < 4.78 is 5.46. The van der Waals surface area contributed by atoms with Crippen molar-refractivity contribution in [2.24, 2.45) is 5.41 Å². The summed E-state index contributed by atoms with van der Waals surface area (Å²) in [4.78, 5) is 26.0. The number of amides is 1. The normalized spacial score (nSPS) is 29.5. The zero-order chi connectivity index (χ0) is 18.7. The Labute approximate surface area is 154 Å². The molecule has 0 aromatic carbocycles. The quantitative estimate of drug-likeness (QED) is 0.453. The minimum Gasteiger partial charge on any atom is -0.465 e. The summed E-state index contributed by atoms with van der Waals surface area (Å²) in [6.45, 7) is 7.99. The molecule has 0 radical (unpaired) electrons. The molecule has 4 nitrogen and oxygen atoms in total. The van der Waals surface area contributed by atoms with Crippen LogP contribution in [0.1, 0.15) is 47.0 Å². The minimum absolute atomic E-state index is 0.303. The number of carbonyl (C=O) groups excluding carboxylic acids is 2. The Hall–Kier alpha value is -1.81. The molecule has 0 aromatic rings. The zero-order valence-electron chi connectivity index (χ0n) is 15.3. The lowest BCUT2D eigenvalue weighted by Gasteiger charge is -2.43. The van der Waals surface area contributed by atoms with Gasteiger partial charge >= 0.3 is 5.97 Å². The van der Waals surface area contributed by atoms with Crippen LogP contribution in [-0.4, -0.2) is 24.0 Å². The van der Waals surface area contributed by atoms with Gasteiger partial charge in [0, 0.05) is 5.03 Å². The van der Waals surface area contributed by atoms with Crippen molar-refractivity contribution in [3.05, 3.63) is 46.6 Å². The summed E-state index contributed by atoms with van der Waals surface area (Å²) in [5.74, 6) is -0.846. The third-order valence-electron chi connectivity index (χ3n) is 4.76. The highest BCUT2D eigenvalue weighted by molar-refractivity contribution is 6.31. The lowest BCUT2D eigenvalue weighted by Crippen LogP contribution is -2.60. The summed E-state index contributed by atoms with van der Waals surface area (Å²) in [7, 11) is 0. The van der Waals surface area contributed by atoms with Crippen LogP contribution in [0.25, 0.3) is 0 Å². The van der Waals surface area contributed by atoms with Crippen molar-refractivity contribution in [1.29, 1.82) is 0 Å². The molecule has 0 saturated carbocycles. The molecule has 0 fully saturated rings. The Morgan fingerprint density at radius 1 is 1.20 bits per heavy atom. The molecule has 1 aliphatic heterocycles. The lowest BCUT2D eigenvalue weighted by molar-refractivity contribution is -0.159. The van der Waals surface area contributed by atoms with Crippen LogP contribution in [0.5, 0.6) is 0 Å². The number of carbonyl (C=O) groups is 2. The first kappa shape index (κ1) is 19.5. The molecule has 1 atom stereocenters. The molecule has 136 valence electrons. The molecule has 1 amide bonds. The van der Waals surface area contributed by atoms with Gasteiger partial charge < -0.3 is 10.1 Å². The summed E-state index contributed by atoms with van der Waals surface area (Å²) in [5, 5.41) is 3.46. The second kappa shape index (κ2) is 7.61. The van der Waals surface area contributed by atoms with Crippen molar-refractivity contribution in [3.63, 3.8) is 0 Å². The van der Waals surface area contributed by atoms with E-state index >= 15 is 0 Å². The Morgan fingerprint density at radius 3 is 2.52 bits per heavy atom. The van der Waals surface area contributed by atoms with Gasteiger partial charge in [-0.05, 0) is 50.0 Å². The van der Waals surface area contributed by atoms with Crippen molar-refractivity contribution in [1.82, 2.24) is 5.32 Å². The van der Waals surface area contributed by atoms with Gasteiger partial charge in [0.2, 0.25) is 5.91 Å². The van der Waals surface area contributed by atoms with Crippen molar-refractivity contribution in [2.75, 3.05) is 6.61 Å². The third-order valence-corrected chi connectivity index (χ3v) is 4.99. The van der Waals surface area contributed by atoms with Crippen molar-refractivity contribution >= 4 is 23.5 Å². The molecule has 1 unspecified atom stereocenters. The maximum Gasteiger partial charge on any atom is 0.326 e. The smallest absolute Gasteiger partial charge is 0.326 e. The van der Waals surface area contributed by atoms with Crippen LogP contribution in [0, 0.1) is 5.41 Å². The molecule has 5 heteroatoms. The van der Waals surface area contributed by atoms with Gasteiger partial charge in [-0.25, -0.2) is 0 Å². The summed E-state index contributed by atoms with van der Waals surface area (Å²) in [6, 6.07) is 0. The summed E-state index contributed by atoms with van der Waals surface area (Å²) >= 11 is 6.29. The van der Waals surface area contributed by atoms with Gasteiger partial charge in [-0.15, -0.1) is 0 Å². The van der Waals surface area contributed by atoms with Crippen LogP contribution in [0.4, 0.5) is 0 Å². The molecule has 0 saturated heterocycles. The van der Waals surface area contributed by atoms with Crippen LogP contribution in [0.15, 0.2) is 46.6 Å². The van der Waals surface area contributed by atoms with Crippen molar-refractivity contribution in [3.8, 4) is 0 Å². The van der Waals surface area contributed by atoms with Crippen LogP contribution in [-0.2, 0) is 14.3 Å². The molecule has 1 aliphatic carbocycles. The maximum absolute atomic E-state index is 13.0. The van der Waals surface area contributed by atoms with E-state index in [0.717, 1.165) is 18.4 Å². The van der Waals surface area contributed by atoms with E-state index in [1.165, 1.54) is 0 Å². The lowest BCUT2D eigenvalue weighted by atomic mass is 9.67. The minimum atomic E-state index is -1.38. The zero-order valence-corrected chi connectivity index (χ0v) is 16.1. The number of esters is 1. The number of nitrogens with one attached hydrogen (secondary N) is 1. The highest BCUT2D eigenvalue weighted by atomic mass is 35.5. The van der Waals surface area contributed by atoms with Gasteiger partial charge in [0.05, 0.1) is 12.1 Å². The van der Waals surface area contributed by atoms with Crippen molar-refractivity contribution < 1.29 is 14.3 Å². The molecule has 0 bridgehead atoms.